The lowest BCUT2D eigenvalue weighted by molar-refractivity contribution is 0.632. The Hall–Kier alpha value is -12.9. The van der Waals surface area contributed by atoms with Gasteiger partial charge in [-0.2, -0.15) is 9.97 Å². The number of hydrogen-bond acceptors (Lipinski definition) is 8. The molecule has 97 heavy (non-hydrogen) atoms. The van der Waals surface area contributed by atoms with Gasteiger partial charge in [-0.15, -0.1) is 0 Å². The lowest BCUT2D eigenvalue weighted by Gasteiger charge is -2.41. The van der Waals surface area contributed by atoms with E-state index in [1.54, 1.807) is 0 Å². The van der Waals surface area contributed by atoms with Gasteiger partial charge in [0, 0.05) is 60.2 Å². The van der Waals surface area contributed by atoms with E-state index in [9.17, 15) is 0 Å². The van der Waals surface area contributed by atoms with Crippen molar-refractivity contribution in [2.45, 2.75) is 19.3 Å². The standard InChI is InChI=1S/C87H57N9O/c1-87(2)68-39-20-23-42-75(68)94(80-50-62(54-25-8-3-9-26-54)48-70(88-80)55-27-10-4-11-28-55)78-51-67-63-37-18-21-40-73(63)96(77(67)52-69(78)87)86-92-83(58-33-16-7-17-34-58)91-84(93-86)61-36-24-35-59(47-61)60-43-44-64-65-45-46-76-81(82(65)97-79(64)49-60)66-38-19-22-41-74(66)95(76)85-89-71(56-29-12-5-13-30-56)53-72(90-85)57-31-14-6-15-32-57/h3-53H,1-2H3. The molecule has 0 aliphatic carbocycles. The van der Waals surface area contributed by atoms with Crippen molar-refractivity contribution in [1.29, 1.82) is 0 Å². The zero-order valence-corrected chi connectivity index (χ0v) is 52.9. The molecule has 0 radical (unpaired) electrons. The van der Waals surface area contributed by atoms with Gasteiger partial charge in [-0.05, 0) is 112 Å². The van der Waals surface area contributed by atoms with E-state index in [2.05, 4.69) is 283 Å². The highest BCUT2D eigenvalue weighted by Crippen LogP contribution is 2.54. The molecule has 0 fully saturated rings. The Bertz CT molecular complexity index is 6050. The van der Waals surface area contributed by atoms with E-state index in [0.717, 1.165) is 155 Å². The SMILES string of the molecule is CC1(C)c2ccccc2N(c2cc(-c3ccccc3)cc(-c3ccccc3)n2)c2cc3c4ccccc4n(-c4nc(-c5ccccc5)nc(-c5cccc(-c6ccc7c(c6)oc6c7ccc7c6c6ccccc6n7-c6nc(-c7ccccc7)cc(-c7ccccc7)n6)c5)n4)c3cc21. The number of nitrogens with zero attached hydrogens (tertiary/aromatic N) is 9. The maximum Gasteiger partial charge on any atom is 0.238 e. The predicted octanol–water partition coefficient (Wildman–Crippen LogP) is 21.9. The van der Waals surface area contributed by atoms with Crippen LogP contribution in [-0.4, -0.2) is 39.0 Å². The van der Waals surface area contributed by atoms with Crippen molar-refractivity contribution in [3.8, 4) is 90.7 Å². The van der Waals surface area contributed by atoms with Crippen molar-refractivity contribution in [2.75, 3.05) is 4.90 Å². The summed E-state index contributed by atoms with van der Waals surface area (Å²) >= 11 is 0. The van der Waals surface area contributed by atoms with Gasteiger partial charge >= 0.3 is 0 Å². The first kappa shape index (κ1) is 55.7. The van der Waals surface area contributed by atoms with E-state index >= 15 is 0 Å². The molecule has 0 saturated heterocycles. The maximum absolute atomic E-state index is 7.12. The molecule has 12 aromatic carbocycles. The summed E-state index contributed by atoms with van der Waals surface area (Å²) in [5.74, 6) is 3.04. The topological polar surface area (TPSA) is 104 Å². The monoisotopic (exact) mass is 1240 g/mol. The second-order valence-electron chi connectivity index (χ2n) is 25.4. The third-order valence-corrected chi connectivity index (χ3v) is 19.4. The molecule has 10 heteroatoms. The van der Waals surface area contributed by atoms with Crippen LogP contribution in [0.5, 0.6) is 0 Å². The first-order chi connectivity index (χ1) is 47.8. The van der Waals surface area contributed by atoms with Gasteiger partial charge in [-0.1, -0.05) is 244 Å². The fraction of sp³-hybridized carbons (Fsp3) is 0.0345. The Morgan fingerprint density at radius 3 is 1.51 bits per heavy atom. The third-order valence-electron chi connectivity index (χ3n) is 19.4. The number of anilines is 3. The van der Waals surface area contributed by atoms with Crippen LogP contribution in [0.15, 0.2) is 314 Å². The van der Waals surface area contributed by atoms with Crippen LogP contribution in [0.4, 0.5) is 17.2 Å². The minimum absolute atomic E-state index is 0.436. The van der Waals surface area contributed by atoms with Crippen LogP contribution >= 0.6 is 0 Å². The Morgan fingerprint density at radius 2 is 0.814 bits per heavy atom. The van der Waals surface area contributed by atoms with E-state index in [1.165, 1.54) is 5.56 Å². The summed E-state index contributed by atoms with van der Waals surface area (Å²) in [6.07, 6.45) is 0. The molecule has 18 aromatic rings. The van der Waals surface area contributed by atoms with Gasteiger partial charge in [0.1, 0.15) is 17.0 Å². The van der Waals surface area contributed by atoms with Gasteiger partial charge < -0.3 is 4.42 Å². The van der Waals surface area contributed by atoms with Gasteiger partial charge in [0.05, 0.1) is 55.9 Å². The number of hydrogen-bond donors (Lipinski definition) is 0. The molecule has 1 aliphatic heterocycles. The van der Waals surface area contributed by atoms with E-state index in [-0.39, 0.29) is 0 Å². The minimum atomic E-state index is -0.436. The van der Waals surface area contributed by atoms with Gasteiger partial charge in [-0.3, -0.25) is 14.0 Å². The Morgan fingerprint density at radius 1 is 0.289 bits per heavy atom. The van der Waals surface area contributed by atoms with Crippen LogP contribution < -0.4 is 4.90 Å². The van der Waals surface area contributed by atoms with E-state index in [0.29, 0.717) is 23.5 Å². The molecule has 19 rings (SSSR count). The molecule has 456 valence electrons. The van der Waals surface area contributed by atoms with E-state index in [1.807, 2.05) is 54.6 Å². The number of rotatable bonds is 10. The van der Waals surface area contributed by atoms with Crippen molar-refractivity contribution in [3.63, 3.8) is 0 Å². The number of pyridine rings is 1. The molecule has 0 atom stereocenters. The summed E-state index contributed by atoms with van der Waals surface area (Å²) in [6, 6.07) is 108. The third kappa shape index (κ3) is 9.17. The highest BCUT2D eigenvalue weighted by molar-refractivity contribution is 6.24. The number of furan rings is 1. The van der Waals surface area contributed by atoms with Gasteiger partial charge in [0.25, 0.3) is 0 Å². The molecule has 6 aromatic heterocycles. The molecular weight excluding hydrogens is 1190 g/mol. The first-order valence-corrected chi connectivity index (χ1v) is 32.7. The van der Waals surface area contributed by atoms with Crippen LogP contribution in [-0.2, 0) is 5.41 Å². The molecule has 0 N–H and O–H groups in total. The molecule has 0 unspecified atom stereocenters. The fourth-order valence-corrected chi connectivity index (χ4v) is 14.7. The van der Waals surface area contributed by atoms with Gasteiger partial charge in [0.15, 0.2) is 11.6 Å². The maximum atomic E-state index is 7.12. The van der Waals surface area contributed by atoms with Crippen LogP contribution in [0.1, 0.15) is 25.0 Å². The largest absolute Gasteiger partial charge is 0.455 e. The fourth-order valence-electron chi connectivity index (χ4n) is 14.7. The van der Waals surface area contributed by atoms with Crippen LogP contribution in [0.3, 0.4) is 0 Å². The van der Waals surface area contributed by atoms with Crippen LogP contribution in [0, 0.1) is 0 Å². The molecular formula is C87H57N9O. The molecule has 0 bridgehead atoms. The molecule has 0 spiro atoms. The Labute approximate surface area is 558 Å². The van der Waals surface area contributed by atoms with Crippen molar-refractivity contribution in [3.05, 3.63) is 321 Å². The lowest BCUT2D eigenvalue weighted by atomic mass is 9.73. The summed E-state index contributed by atoms with van der Waals surface area (Å²) in [7, 11) is 0. The Balaban J connectivity index is 0.748. The quantitative estimate of drug-likeness (QED) is 0.133. The zero-order valence-electron chi connectivity index (χ0n) is 52.9. The van der Waals surface area contributed by atoms with Crippen molar-refractivity contribution in [2.24, 2.45) is 0 Å². The van der Waals surface area contributed by atoms with Crippen LogP contribution in [0.25, 0.3) is 156 Å². The highest BCUT2D eigenvalue weighted by Gasteiger charge is 2.39. The van der Waals surface area contributed by atoms with Crippen molar-refractivity contribution < 1.29 is 4.42 Å². The molecule has 10 nitrogen and oxygen atoms in total. The summed E-state index contributed by atoms with van der Waals surface area (Å²) < 4.78 is 11.5. The van der Waals surface area contributed by atoms with Crippen molar-refractivity contribution in [1.82, 2.24) is 39.0 Å². The molecule has 0 amide bonds. The van der Waals surface area contributed by atoms with Crippen LogP contribution in [0.2, 0.25) is 0 Å². The van der Waals surface area contributed by atoms with Gasteiger partial charge in [0.2, 0.25) is 11.9 Å². The van der Waals surface area contributed by atoms with Gasteiger partial charge in [-0.25, -0.2) is 19.9 Å². The van der Waals surface area contributed by atoms with E-state index in [4.69, 9.17) is 34.3 Å². The average molecular weight is 1240 g/mol. The minimum Gasteiger partial charge on any atom is -0.455 e. The van der Waals surface area contributed by atoms with Crippen molar-refractivity contribution >= 4 is 82.7 Å². The smallest absolute Gasteiger partial charge is 0.238 e. The number of para-hydroxylation sites is 3. The Kier molecular flexibility index (Phi) is 12.7. The lowest BCUT2D eigenvalue weighted by Crippen LogP contribution is -2.31. The molecule has 0 saturated carbocycles. The summed E-state index contributed by atoms with van der Waals surface area (Å²) in [5.41, 5.74) is 21.1. The predicted molar refractivity (Wildman–Crippen MR) is 394 cm³/mol. The first-order valence-electron chi connectivity index (χ1n) is 32.7. The highest BCUT2D eigenvalue weighted by atomic mass is 16.3. The molecule has 7 heterocycles. The number of benzene rings is 12. The summed E-state index contributed by atoms with van der Waals surface area (Å²) in [5, 5.41) is 6.24. The second kappa shape index (κ2) is 22.1. The normalized spacial score (nSPS) is 12.7. The second-order valence-corrected chi connectivity index (χ2v) is 25.4. The van der Waals surface area contributed by atoms with E-state index < -0.39 is 5.41 Å². The number of fused-ring (bicyclic) bond motifs is 12. The number of aromatic nitrogens is 8. The molecule has 1 aliphatic rings. The summed E-state index contributed by atoms with van der Waals surface area (Å²) in [4.78, 5) is 34.8. The zero-order chi connectivity index (χ0) is 64.3. The average Bonchev–Trinajstić information content (AvgIpc) is 1.68. The summed E-state index contributed by atoms with van der Waals surface area (Å²) in [6.45, 7) is 4.67.